The van der Waals surface area contributed by atoms with Gasteiger partial charge in [-0.3, -0.25) is 20.0 Å². The Morgan fingerprint density at radius 1 is 1.32 bits per heavy atom. The van der Waals surface area contributed by atoms with Crippen LogP contribution in [0.5, 0.6) is 5.75 Å². The van der Waals surface area contributed by atoms with Gasteiger partial charge in [0.05, 0.1) is 12.8 Å². The van der Waals surface area contributed by atoms with Crippen LogP contribution in [-0.2, 0) is 5.75 Å². The lowest BCUT2D eigenvalue weighted by molar-refractivity contribution is 0.102. The number of benzene rings is 1. The number of carbonyl (C=O) groups is 1. The summed E-state index contributed by atoms with van der Waals surface area (Å²) < 4.78 is 6.98. The predicted octanol–water partition coefficient (Wildman–Crippen LogP) is 1.82. The van der Waals surface area contributed by atoms with Crippen LogP contribution < -0.4 is 15.6 Å². The first-order chi connectivity index (χ1) is 13.6. The van der Waals surface area contributed by atoms with Crippen LogP contribution in [0.2, 0.25) is 0 Å². The quantitative estimate of drug-likeness (QED) is 0.361. The fourth-order valence-electron chi connectivity index (χ4n) is 2.31. The van der Waals surface area contributed by atoms with Gasteiger partial charge in [0.15, 0.2) is 4.34 Å². The van der Waals surface area contributed by atoms with Crippen LogP contribution in [0, 0.1) is 0 Å². The number of amides is 1. The van der Waals surface area contributed by atoms with Crippen LogP contribution in [0.4, 0.5) is 5.13 Å². The van der Waals surface area contributed by atoms with Crippen molar-refractivity contribution in [3.63, 3.8) is 0 Å². The zero-order valence-electron chi connectivity index (χ0n) is 14.4. The first-order valence-corrected chi connectivity index (χ1v) is 9.76. The lowest BCUT2D eigenvalue weighted by Gasteiger charge is -2.02. The summed E-state index contributed by atoms with van der Waals surface area (Å²) in [4.78, 5) is 32.5. The molecule has 0 saturated heterocycles. The van der Waals surface area contributed by atoms with E-state index in [1.807, 2.05) is 0 Å². The predicted molar refractivity (Wildman–Crippen MR) is 104 cm³/mol. The number of methoxy groups -OCH3 is 1. The number of aromatic nitrogens is 6. The van der Waals surface area contributed by atoms with Crippen molar-refractivity contribution in [2.24, 2.45) is 0 Å². The highest BCUT2D eigenvalue weighted by molar-refractivity contribution is 8.00. The summed E-state index contributed by atoms with van der Waals surface area (Å²) in [6.45, 7) is 0. The van der Waals surface area contributed by atoms with Gasteiger partial charge in [-0.25, -0.2) is 9.97 Å². The first kappa shape index (κ1) is 18.1. The van der Waals surface area contributed by atoms with Crippen LogP contribution in [0.15, 0.2) is 45.8 Å². The highest BCUT2D eigenvalue weighted by Gasteiger charge is 2.12. The van der Waals surface area contributed by atoms with E-state index in [9.17, 15) is 9.59 Å². The Balaban J connectivity index is 1.39. The number of nitrogens with one attached hydrogen (secondary N) is 2. The molecule has 0 saturated carbocycles. The van der Waals surface area contributed by atoms with E-state index in [1.54, 1.807) is 31.4 Å². The smallest absolute Gasteiger partial charge is 0.274 e. The third-order valence-corrected chi connectivity index (χ3v) is 5.65. The molecule has 0 aliphatic rings. The van der Waals surface area contributed by atoms with Gasteiger partial charge in [-0.05, 0) is 24.3 Å². The van der Waals surface area contributed by atoms with Crippen molar-refractivity contribution in [3.05, 3.63) is 58.3 Å². The van der Waals surface area contributed by atoms with Crippen molar-refractivity contribution in [1.29, 1.82) is 0 Å². The molecule has 0 unspecified atom stereocenters. The van der Waals surface area contributed by atoms with Gasteiger partial charge in [0, 0.05) is 17.4 Å². The second-order valence-corrected chi connectivity index (χ2v) is 7.65. The molecule has 12 heteroatoms. The molecule has 0 spiro atoms. The Bertz CT molecular complexity index is 1180. The summed E-state index contributed by atoms with van der Waals surface area (Å²) in [5, 5.41) is 13.8. The van der Waals surface area contributed by atoms with Gasteiger partial charge in [-0.15, -0.1) is 10.2 Å². The van der Waals surface area contributed by atoms with E-state index in [0.717, 1.165) is 0 Å². The molecule has 0 radical (unpaired) electrons. The third-order valence-electron chi connectivity index (χ3n) is 3.64. The number of nitrogens with zero attached hydrogens (tertiary/aromatic N) is 5. The van der Waals surface area contributed by atoms with Gasteiger partial charge in [-0.1, -0.05) is 23.1 Å². The number of hydrogen-bond donors (Lipinski definition) is 2. The number of hydrogen-bond acceptors (Lipinski definition) is 9. The van der Waals surface area contributed by atoms with Gasteiger partial charge in [0.25, 0.3) is 17.2 Å². The molecular weight excluding hydrogens is 402 g/mol. The zero-order chi connectivity index (χ0) is 19.5. The molecule has 0 fully saturated rings. The molecule has 0 aliphatic carbocycles. The summed E-state index contributed by atoms with van der Waals surface area (Å²) in [6.07, 6.45) is 1.41. The molecule has 3 heterocycles. The second-order valence-electron chi connectivity index (χ2n) is 5.45. The fraction of sp³-hybridized carbons (Fsp3) is 0.125. The Hall–Kier alpha value is -3.25. The van der Waals surface area contributed by atoms with Crippen molar-refractivity contribution < 1.29 is 9.53 Å². The van der Waals surface area contributed by atoms with Crippen molar-refractivity contribution >= 4 is 39.9 Å². The largest absolute Gasteiger partial charge is 0.497 e. The monoisotopic (exact) mass is 415 g/mol. The molecule has 28 heavy (non-hydrogen) atoms. The van der Waals surface area contributed by atoms with Crippen LogP contribution in [0.1, 0.15) is 16.1 Å². The number of aromatic amines is 1. The van der Waals surface area contributed by atoms with Gasteiger partial charge < -0.3 is 4.74 Å². The van der Waals surface area contributed by atoms with Crippen molar-refractivity contribution in [1.82, 2.24) is 29.8 Å². The number of rotatable bonds is 6. The topological polar surface area (TPSA) is 127 Å². The van der Waals surface area contributed by atoms with Crippen LogP contribution in [-0.4, -0.2) is 42.8 Å². The van der Waals surface area contributed by atoms with Gasteiger partial charge in [0.1, 0.15) is 12.1 Å². The molecule has 10 nitrogen and oxygen atoms in total. The van der Waals surface area contributed by atoms with Crippen LogP contribution >= 0.6 is 23.1 Å². The molecule has 0 bridgehead atoms. The summed E-state index contributed by atoms with van der Waals surface area (Å²) in [6, 6.07) is 8.19. The lowest BCUT2D eigenvalue weighted by atomic mass is 10.2. The summed E-state index contributed by atoms with van der Waals surface area (Å²) in [7, 11) is 1.56. The van der Waals surface area contributed by atoms with Crippen molar-refractivity contribution in [3.8, 4) is 5.75 Å². The summed E-state index contributed by atoms with van der Waals surface area (Å²) in [5.41, 5.74) is 0.839. The van der Waals surface area contributed by atoms with Gasteiger partial charge in [-0.2, -0.15) is 4.52 Å². The summed E-state index contributed by atoms with van der Waals surface area (Å²) in [5.74, 6) is 1.13. The standard InChI is InChI=1S/C16H13N7O3S2/c1-26-11-4-2-9(3-5-11)13(25)20-15-21-22-16(28-15)27-7-10-6-12(24)23-14(19-10)17-8-18-23/h2-6,8H,7H2,1H3,(H,17,18,19)(H,20,21,25). The Labute approximate surface area is 166 Å². The summed E-state index contributed by atoms with van der Waals surface area (Å²) >= 11 is 2.61. The van der Waals surface area contributed by atoms with E-state index in [2.05, 4.69) is 30.6 Å². The van der Waals surface area contributed by atoms with E-state index < -0.39 is 0 Å². The SMILES string of the molecule is COc1ccc(C(=O)Nc2nnc(SCc3cc(=O)n4[nH]cnc4n3)s2)cc1. The molecule has 4 rings (SSSR count). The molecule has 142 valence electrons. The number of fused-ring (bicyclic) bond motifs is 1. The molecule has 1 amide bonds. The van der Waals surface area contributed by atoms with E-state index >= 15 is 0 Å². The normalized spacial score (nSPS) is 10.9. The number of H-pyrrole nitrogens is 1. The molecule has 3 aromatic heterocycles. The first-order valence-electron chi connectivity index (χ1n) is 7.96. The van der Waals surface area contributed by atoms with E-state index in [1.165, 1.54) is 40.0 Å². The van der Waals surface area contributed by atoms with E-state index in [4.69, 9.17) is 4.74 Å². The van der Waals surface area contributed by atoms with Crippen molar-refractivity contribution in [2.75, 3.05) is 12.4 Å². The minimum atomic E-state index is -0.283. The third kappa shape index (κ3) is 3.87. The molecular formula is C16H13N7O3S2. The number of anilines is 1. The molecule has 0 aliphatic heterocycles. The average Bonchev–Trinajstić information content (AvgIpc) is 3.36. The minimum absolute atomic E-state index is 0.234. The van der Waals surface area contributed by atoms with Crippen LogP contribution in [0.3, 0.4) is 0 Å². The number of carbonyl (C=O) groups excluding carboxylic acids is 1. The Morgan fingerprint density at radius 2 is 2.14 bits per heavy atom. The number of thioether (sulfide) groups is 1. The lowest BCUT2D eigenvalue weighted by Crippen LogP contribution is -2.15. The van der Waals surface area contributed by atoms with Gasteiger partial charge in [0.2, 0.25) is 5.13 Å². The Morgan fingerprint density at radius 3 is 2.93 bits per heavy atom. The molecule has 2 N–H and O–H groups in total. The Kier molecular flexibility index (Phi) is 5.04. The van der Waals surface area contributed by atoms with E-state index in [0.29, 0.717) is 38.0 Å². The maximum absolute atomic E-state index is 12.3. The maximum atomic E-state index is 12.3. The van der Waals surface area contributed by atoms with Crippen LogP contribution in [0.25, 0.3) is 5.78 Å². The number of ether oxygens (including phenoxy) is 1. The highest BCUT2D eigenvalue weighted by atomic mass is 32.2. The maximum Gasteiger partial charge on any atom is 0.274 e. The zero-order valence-corrected chi connectivity index (χ0v) is 16.1. The van der Waals surface area contributed by atoms with E-state index in [-0.39, 0.29) is 11.5 Å². The molecule has 4 aromatic rings. The highest BCUT2D eigenvalue weighted by Crippen LogP contribution is 2.28. The van der Waals surface area contributed by atoms with Gasteiger partial charge >= 0.3 is 0 Å². The minimum Gasteiger partial charge on any atom is -0.497 e. The fourth-order valence-corrected chi connectivity index (χ4v) is 3.95. The van der Waals surface area contributed by atoms with Crippen molar-refractivity contribution in [2.45, 2.75) is 10.1 Å². The second kappa shape index (κ2) is 7.78. The average molecular weight is 415 g/mol. The molecule has 0 atom stereocenters. The molecule has 1 aromatic carbocycles.